The number of rotatable bonds is 5. The van der Waals surface area contributed by atoms with E-state index < -0.39 is 14.3 Å². The van der Waals surface area contributed by atoms with Crippen LogP contribution in [0.2, 0.25) is 18.1 Å². The molecule has 0 unspecified atom stereocenters. The van der Waals surface area contributed by atoms with Crippen molar-refractivity contribution in [1.82, 2.24) is 0 Å². The van der Waals surface area contributed by atoms with Gasteiger partial charge in [0.1, 0.15) is 40.1 Å². The van der Waals surface area contributed by atoms with Gasteiger partial charge >= 0.3 is 5.97 Å². The molecule has 10 nitrogen and oxygen atoms in total. The summed E-state index contributed by atoms with van der Waals surface area (Å²) in [5.74, 6) is 0.354. The number of fused-ring (bicyclic) bond motifs is 4. The van der Waals surface area contributed by atoms with Gasteiger partial charge in [0.05, 0.1) is 7.11 Å². The van der Waals surface area contributed by atoms with Crippen LogP contribution in [0.15, 0.2) is 140 Å². The standard InChI is InChI=1S/C17H24OSi.C11H8O4.C11H10O.C10H8O2.C2H5ClO2/c1-13-7-8-14-9-10-16(12-15(14)11-13)18-19(5,6)17(2,3)4;12-8-2-1-6-4-9(11(14)15)10(13)5-7(6)3-8;1-8-2-3-9-4-5-11(12)7-10(9)6-8;11-9-3-1-7-2-4-10(12)6-8(7)5-9;1-4-5-2-3/h7-12H,1-6H3;1-5,12-13H,(H,14,15);2-7,12H,1H3;1-6,11-12H;2H2,1H3. The lowest BCUT2D eigenvalue weighted by Gasteiger charge is -2.36. The maximum atomic E-state index is 10.7. The molecule has 0 radical (unpaired) electrons. The second-order valence-corrected chi connectivity index (χ2v) is 21.2. The number of hydrogen-bond donors (Lipinski definition) is 6. The van der Waals surface area contributed by atoms with Crippen molar-refractivity contribution in [3.8, 4) is 34.5 Å². The van der Waals surface area contributed by atoms with E-state index in [2.05, 4.69) is 105 Å². The summed E-state index contributed by atoms with van der Waals surface area (Å²) < 4.78 is 6.35. The molecule has 8 aromatic rings. The molecular formula is C51H55ClO10Si. The fraction of sp³-hybridized carbons (Fsp3) is 0.196. The monoisotopic (exact) mass is 890 g/mol. The average molecular weight is 892 g/mol. The summed E-state index contributed by atoms with van der Waals surface area (Å²) in [6, 6.07) is 42.0. The Kier molecular flexibility index (Phi) is 17.2. The number of hydrogen-bond acceptors (Lipinski definition) is 9. The molecule has 0 spiro atoms. The molecule has 0 saturated carbocycles. The smallest absolute Gasteiger partial charge is 0.339 e. The Morgan fingerprint density at radius 2 is 0.921 bits per heavy atom. The van der Waals surface area contributed by atoms with Crippen molar-refractivity contribution >= 4 is 69.0 Å². The highest BCUT2D eigenvalue weighted by molar-refractivity contribution is 6.74. The summed E-state index contributed by atoms with van der Waals surface area (Å²) >= 11 is 4.95. The molecule has 0 aliphatic carbocycles. The first-order valence-corrected chi connectivity index (χ1v) is 23.3. The van der Waals surface area contributed by atoms with Gasteiger partial charge in [-0.25, -0.2) is 14.6 Å². The van der Waals surface area contributed by atoms with E-state index in [0.717, 1.165) is 21.9 Å². The zero-order valence-corrected chi connectivity index (χ0v) is 38.4. The molecule has 0 amide bonds. The molecule has 8 aromatic carbocycles. The lowest BCUT2D eigenvalue weighted by atomic mass is 10.1. The van der Waals surface area contributed by atoms with E-state index in [4.69, 9.17) is 31.3 Å². The summed E-state index contributed by atoms with van der Waals surface area (Å²) in [6.45, 7) is 15.5. The topological polar surface area (TPSA) is 166 Å². The number of halogens is 1. The summed E-state index contributed by atoms with van der Waals surface area (Å²) in [7, 11) is -0.342. The van der Waals surface area contributed by atoms with Gasteiger partial charge in [0.2, 0.25) is 8.32 Å². The maximum Gasteiger partial charge on any atom is 0.339 e. The Morgan fingerprint density at radius 3 is 1.32 bits per heavy atom. The van der Waals surface area contributed by atoms with Gasteiger partial charge in [-0.1, -0.05) is 110 Å². The van der Waals surface area contributed by atoms with Crippen LogP contribution in [0.4, 0.5) is 0 Å². The third-order valence-corrected chi connectivity index (χ3v) is 14.7. The zero-order valence-electron chi connectivity index (χ0n) is 36.7. The van der Waals surface area contributed by atoms with E-state index in [9.17, 15) is 20.1 Å². The lowest BCUT2D eigenvalue weighted by Crippen LogP contribution is -2.43. The predicted molar refractivity (Wildman–Crippen MR) is 257 cm³/mol. The van der Waals surface area contributed by atoms with E-state index in [1.807, 2.05) is 25.1 Å². The highest BCUT2D eigenvalue weighted by Crippen LogP contribution is 2.38. The highest BCUT2D eigenvalue weighted by atomic mass is 35.5. The van der Waals surface area contributed by atoms with E-state index >= 15 is 0 Å². The number of carboxylic acids is 1. The molecular weight excluding hydrogens is 836 g/mol. The van der Waals surface area contributed by atoms with Crippen molar-refractivity contribution in [2.75, 3.05) is 13.2 Å². The third kappa shape index (κ3) is 14.5. The molecule has 0 aliphatic rings. The van der Waals surface area contributed by atoms with Crippen LogP contribution in [-0.2, 0) is 9.78 Å². The fourth-order valence-corrected chi connectivity index (χ4v) is 7.03. The zero-order chi connectivity index (χ0) is 46.5. The van der Waals surface area contributed by atoms with Crippen molar-refractivity contribution in [3.05, 3.63) is 156 Å². The van der Waals surface area contributed by atoms with Gasteiger partial charge in [-0.3, -0.25) is 0 Å². The molecule has 330 valence electrons. The quantitative estimate of drug-likeness (QED) is 0.0424. The van der Waals surface area contributed by atoms with Crippen LogP contribution < -0.4 is 4.43 Å². The van der Waals surface area contributed by atoms with Gasteiger partial charge in [-0.05, 0) is 148 Å². The molecule has 0 aliphatic heterocycles. The van der Waals surface area contributed by atoms with E-state index in [0.29, 0.717) is 16.5 Å². The molecule has 8 rings (SSSR count). The normalized spacial score (nSPS) is 10.9. The number of alkyl halides is 1. The van der Waals surface area contributed by atoms with Gasteiger partial charge in [0.25, 0.3) is 0 Å². The highest BCUT2D eigenvalue weighted by Gasteiger charge is 2.39. The number of aromatic carboxylic acids is 1. The van der Waals surface area contributed by atoms with E-state index in [1.54, 1.807) is 42.5 Å². The number of benzene rings is 8. The summed E-state index contributed by atoms with van der Waals surface area (Å²) in [5.41, 5.74) is 2.36. The van der Waals surface area contributed by atoms with Gasteiger partial charge in [0.15, 0.2) is 6.07 Å². The van der Waals surface area contributed by atoms with Gasteiger partial charge in [-0.15, -0.1) is 0 Å². The Balaban J connectivity index is 0.000000180. The molecule has 6 N–H and O–H groups in total. The summed E-state index contributed by atoms with van der Waals surface area (Å²) in [4.78, 5) is 18.9. The molecule has 0 heterocycles. The van der Waals surface area contributed by atoms with Crippen LogP contribution in [0.3, 0.4) is 0 Å². The van der Waals surface area contributed by atoms with Crippen LogP contribution >= 0.6 is 11.6 Å². The Hall–Kier alpha value is -6.50. The van der Waals surface area contributed by atoms with Gasteiger partial charge in [0, 0.05) is 0 Å². The minimum Gasteiger partial charge on any atom is -0.543 e. The number of phenolic OH excluding ortho intramolecular Hbond substituents is 4. The van der Waals surface area contributed by atoms with E-state index in [1.165, 1.54) is 58.7 Å². The second-order valence-electron chi connectivity index (χ2n) is 16.2. The number of carbonyl (C=O) groups is 1. The van der Waals surface area contributed by atoms with Crippen molar-refractivity contribution in [2.24, 2.45) is 0 Å². The van der Waals surface area contributed by atoms with Crippen molar-refractivity contribution in [3.63, 3.8) is 0 Å². The summed E-state index contributed by atoms with van der Waals surface area (Å²) in [6.07, 6.45) is 0. The van der Waals surface area contributed by atoms with Crippen LogP contribution in [0.1, 0.15) is 42.3 Å². The molecule has 0 saturated heterocycles. The van der Waals surface area contributed by atoms with Crippen LogP contribution in [0, 0.1) is 13.8 Å². The molecule has 0 aromatic heterocycles. The number of aryl methyl sites for hydroxylation is 2. The van der Waals surface area contributed by atoms with Gasteiger partial charge in [-0.2, -0.15) is 0 Å². The second kappa shape index (κ2) is 22.0. The predicted octanol–water partition coefficient (Wildman–Crippen LogP) is 13.3. The average Bonchev–Trinajstić information content (AvgIpc) is 3.20. The van der Waals surface area contributed by atoms with Crippen LogP contribution in [-0.4, -0.2) is 58.1 Å². The lowest BCUT2D eigenvalue weighted by molar-refractivity contribution is -0.256. The first kappa shape index (κ1) is 49.2. The minimum absolute atomic E-state index is 0.0741. The Bertz CT molecular complexity index is 2640. The SMILES string of the molecule is COOCCl.Cc1ccc2ccc(O)cc2c1.Cc1ccc2ccc(O[Si](C)(C)C(C)(C)C)cc2c1.O=C(O)c1cc2ccc(O)cc2cc1O.Oc1ccc2ccc(O)cc2c1. The number of carboxylic acid groups (broad SMARTS) is 1. The maximum absolute atomic E-state index is 10.7. The molecule has 63 heavy (non-hydrogen) atoms. The third-order valence-electron chi connectivity index (χ3n) is 10.3. The fourth-order valence-electron chi connectivity index (χ4n) is 5.92. The molecule has 12 heteroatoms. The number of aromatic hydroxyl groups is 5. The Labute approximate surface area is 373 Å². The van der Waals surface area contributed by atoms with Crippen molar-refractivity contribution in [2.45, 2.75) is 52.8 Å². The van der Waals surface area contributed by atoms with Crippen molar-refractivity contribution < 1.29 is 49.6 Å². The molecule has 0 bridgehead atoms. The molecule has 0 atom stereocenters. The summed E-state index contributed by atoms with van der Waals surface area (Å²) in [5, 5.41) is 63.0. The van der Waals surface area contributed by atoms with Crippen LogP contribution in [0.5, 0.6) is 34.5 Å². The van der Waals surface area contributed by atoms with Crippen molar-refractivity contribution in [1.29, 1.82) is 0 Å². The van der Waals surface area contributed by atoms with E-state index in [-0.39, 0.29) is 39.7 Å². The molecule has 0 fully saturated rings. The largest absolute Gasteiger partial charge is 0.543 e. The minimum atomic E-state index is -1.75. The number of phenols is 5. The van der Waals surface area contributed by atoms with Crippen LogP contribution in [0.25, 0.3) is 43.1 Å². The first-order valence-electron chi connectivity index (χ1n) is 19.9. The first-order chi connectivity index (χ1) is 29.7. The Morgan fingerprint density at radius 1 is 0.540 bits per heavy atom. The van der Waals surface area contributed by atoms with Gasteiger partial charge < -0.3 is 35.1 Å².